The molecule has 29 heavy (non-hydrogen) atoms. The molecule has 3 saturated carbocycles. The summed E-state index contributed by atoms with van der Waals surface area (Å²) in [4.78, 5) is 36.2. The molecule has 4 rings (SSSR count). The largest absolute Gasteiger partial charge is 0.481 e. The highest BCUT2D eigenvalue weighted by Crippen LogP contribution is 2.67. The van der Waals surface area contributed by atoms with Gasteiger partial charge in [0.2, 0.25) is 0 Å². The van der Waals surface area contributed by atoms with Crippen LogP contribution in [0.1, 0.15) is 72.1 Å². The van der Waals surface area contributed by atoms with Gasteiger partial charge < -0.3 is 5.11 Å². The topological polar surface area (TPSA) is 71.4 Å². The van der Waals surface area contributed by atoms with Gasteiger partial charge in [-0.1, -0.05) is 20.8 Å². The molecule has 4 nitrogen and oxygen atoms in total. The predicted molar refractivity (Wildman–Crippen MR) is 107 cm³/mol. The Morgan fingerprint density at radius 3 is 2.62 bits per heavy atom. The third-order valence-corrected chi connectivity index (χ3v) is 9.48. The van der Waals surface area contributed by atoms with Crippen LogP contribution < -0.4 is 0 Å². The average Bonchev–Trinajstić information content (AvgIpc) is 2.99. The van der Waals surface area contributed by atoms with E-state index in [4.69, 9.17) is 5.11 Å². The van der Waals surface area contributed by atoms with Gasteiger partial charge in [0.25, 0.3) is 0 Å². The Balaban J connectivity index is 1.62. The number of Topliss-reactive ketones (excluding diaryl/α,β-unsaturated/α-hetero) is 2. The zero-order valence-electron chi connectivity index (χ0n) is 17.7. The first kappa shape index (κ1) is 20.7. The lowest BCUT2D eigenvalue weighted by Gasteiger charge is -2.58. The number of halogens is 1. The molecule has 0 saturated heterocycles. The summed E-state index contributed by atoms with van der Waals surface area (Å²) in [6.07, 6.45) is 6.90. The van der Waals surface area contributed by atoms with Crippen LogP contribution in [0, 0.1) is 46.3 Å². The van der Waals surface area contributed by atoms with E-state index in [0.29, 0.717) is 24.7 Å². The maximum Gasteiger partial charge on any atom is 0.303 e. The third-order valence-electron chi connectivity index (χ3n) is 9.48. The highest BCUT2D eigenvalue weighted by molar-refractivity contribution is 5.95. The summed E-state index contributed by atoms with van der Waals surface area (Å²) in [7, 11) is 0. The molecule has 0 aromatic rings. The zero-order valence-corrected chi connectivity index (χ0v) is 17.7. The Labute approximate surface area is 172 Å². The summed E-state index contributed by atoms with van der Waals surface area (Å²) < 4.78 is 14.3. The van der Waals surface area contributed by atoms with Crippen molar-refractivity contribution in [3.05, 3.63) is 11.9 Å². The standard InChI is InChI=1S/C24H33FO4/c1-13(4-7-21(28)29)15-5-6-16-22-17(8-9-23(15,16)2)24(3)12-18(25)19(26)10-14(24)11-20(22)27/h12-17,22H,4-11H2,1-3H3,(H,28,29)/t13?,14-,15+,16-,17-,22-,23+,24-/m0/s1. The second-order valence-electron chi connectivity index (χ2n) is 10.7. The van der Waals surface area contributed by atoms with Crippen molar-refractivity contribution in [3.63, 3.8) is 0 Å². The lowest BCUT2D eigenvalue weighted by molar-refractivity contribution is -0.150. The van der Waals surface area contributed by atoms with Crippen molar-refractivity contribution in [1.82, 2.24) is 0 Å². The molecule has 4 aliphatic rings. The van der Waals surface area contributed by atoms with Crippen LogP contribution in [0.15, 0.2) is 11.9 Å². The maximum atomic E-state index is 14.3. The molecule has 0 spiro atoms. The number of allylic oxidation sites excluding steroid dienone is 2. The van der Waals surface area contributed by atoms with Gasteiger partial charge in [-0.25, -0.2) is 4.39 Å². The van der Waals surface area contributed by atoms with E-state index in [1.807, 2.05) is 0 Å². The molecule has 160 valence electrons. The third kappa shape index (κ3) is 3.11. The molecule has 5 heteroatoms. The Hall–Kier alpha value is -1.52. The van der Waals surface area contributed by atoms with Gasteiger partial charge in [0.1, 0.15) is 5.78 Å². The Bertz CT molecular complexity index is 773. The molecular formula is C24H33FO4. The van der Waals surface area contributed by atoms with E-state index in [1.54, 1.807) is 6.08 Å². The summed E-state index contributed by atoms with van der Waals surface area (Å²) in [5, 5.41) is 9.06. The minimum atomic E-state index is -0.748. The van der Waals surface area contributed by atoms with Crippen LogP contribution in [-0.2, 0) is 14.4 Å². The van der Waals surface area contributed by atoms with Gasteiger partial charge in [-0.15, -0.1) is 0 Å². The lowest BCUT2D eigenvalue weighted by atomic mass is 9.45. The second kappa shape index (κ2) is 7.02. The number of carboxylic acids is 1. The van der Waals surface area contributed by atoms with E-state index < -0.39 is 23.0 Å². The van der Waals surface area contributed by atoms with Gasteiger partial charge in [0.05, 0.1) is 0 Å². The number of carboxylic acid groups (broad SMARTS) is 1. The Morgan fingerprint density at radius 2 is 1.93 bits per heavy atom. The molecule has 0 heterocycles. The Kier molecular flexibility index (Phi) is 5.02. The molecule has 0 bridgehead atoms. The number of aliphatic carboxylic acids is 1. The predicted octanol–water partition coefficient (Wildman–Crippen LogP) is 4.97. The number of rotatable bonds is 4. The van der Waals surface area contributed by atoms with Crippen LogP contribution in [0.5, 0.6) is 0 Å². The van der Waals surface area contributed by atoms with Gasteiger partial charge in [-0.3, -0.25) is 14.4 Å². The van der Waals surface area contributed by atoms with Crippen molar-refractivity contribution >= 4 is 17.5 Å². The van der Waals surface area contributed by atoms with Crippen LogP contribution in [0.2, 0.25) is 0 Å². The van der Waals surface area contributed by atoms with Crippen molar-refractivity contribution in [2.45, 2.75) is 72.1 Å². The van der Waals surface area contributed by atoms with Gasteiger partial charge in [-0.05, 0) is 78.6 Å². The number of ketones is 2. The van der Waals surface area contributed by atoms with Gasteiger partial charge in [0, 0.05) is 25.2 Å². The fourth-order valence-corrected chi connectivity index (χ4v) is 7.91. The fourth-order valence-electron chi connectivity index (χ4n) is 7.91. The minimum absolute atomic E-state index is 0.0463. The smallest absolute Gasteiger partial charge is 0.303 e. The molecular weight excluding hydrogens is 371 g/mol. The number of hydrogen-bond donors (Lipinski definition) is 1. The van der Waals surface area contributed by atoms with Crippen LogP contribution in [0.3, 0.4) is 0 Å². The monoisotopic (exact) mass is 404 g/mol. The molecule has 4 aliphatic carbocycles. The van der Waals surface area contributed by atoms with Crippen LogP contribution in [-0.4, -0.2) is 22.6 Å². The molecule has 1 N–H and O–H groups in total. The SMILES string of the molecule is CC(CCC(=O)O)[C@H]1CC[C@H]2[C@@H]3C(=O)C[C@@H]4CC(=O)C(F)=C[C@]4(C)[C@H]3CC[C@]12C. The van der Waals surface area contributed by atoms with Gasteiger partial charge in [0.15, 0.2) is 11.6 Å². The molecule has 0 aliphatic heterocycles. The van der Waals surface area contributed by atoms with E-state index in [2.05, 4.69) is 20.8 Å². The van der Waals surface area contributed by atoms with Crippen molar-refractivity contribution in [2.24, 2.45) is 46.3 Å². The van der Waals surface area contributed by atoms with E-state index in [0.717, 1.165) is 25.7 Å². The summed E-state index contributed by atoms with van der Waals surface area (Å²) in [5.74, 6) is -0.502. The average molecular weight is 405 g/mol. The van der Waals surface area contributed by atoms with Crippen molar-refractivity contribution in [1.29, 1.82) is 0 Å². The molecule has 3 fully saturated rings. The molecule has 0 radical (unpaired) electrons. The molecule has 1 unspecified atom stereocenters. The van der Waals surface area contributed by atoms with Crippen LogP contribution in [0.4, 0.5) is 4.39 Å². The summed E-state index contributed by atoms with van der Waals surface area (Å²) in [6.45, 7) is 6.54. The first-order valence-electron chi connectivity index (χ1n) is 11.2. The maximum absolute atomic E-state index is 14.3. The second-order valence-corrected chi connectivity index (χ2v) is 10.7. The Morgan fingerprint density at radius 1 is 1.21 bits per heavy atom. The molecule has 0 aromatic heterocycles. The first-order chi connectivity index (χ1) is 13.6. The van der Waals surface area contributed by atoms with Gasteiger partial charge in [-0.2, -0.15) is 0 Å². The van der Waals surface area contributed by atoms with Crippen molar-refractivity contribution in [2.75, 3.05) is 0 Å². The fraction of sp³-hybridized carbons (Fsp3) is 0.792. The molecule has 0 aromatic carbocycles. The summed E-state index contributed by atoms with van der Waals surface area (Å²) in [5.41, 5.74) is -0.365. The van der Waals surface area contributed by atoms with Crippen molar-refractivity contribution in [3.8, 4) is 0 Å². The first-order valence-corrected chi connectivity index (χ1v) is 11.2. The summed E-state index contributed by atoms with van der Waals surface area (Å²) >= 11 is 0. The van der Waals surface area contributed by atoms with E-state index in [1.165, 1.54) is 0 Å². The summed E-state index contributed by atoms with van der Waals surface area (Å²) in [6, 6.07) is 0. The number of carbonyl (C=O) groups excluding carboxylic acids is 2. The van der Waals surface area contributed by atoms with E-state index in [-0.39, 0.29) is 47.7 Å². The van der Waals surface area contributed by atoms with Crippen molar-refractivity contribution < 1.29 is 23.9 Å². The normalized spacial score (nSPS) is 45.1. The number of carbonyl (C=O) groups is 3. The van der Waals surface area contributed by atoms with Crippen LogP contribution >= 0.6 is 0 Å². The number of hydrogen-bond acceptors (Lipinski definition) is 3. The zero-order chi connectivity index (χ0) is 21.1. The van der Waals surface area contributed by atoms with Gasteiger partial charge >= 0.3 is 5.97 Å². The van der Waals surface area contributed by atoms with E-state index in [9.17, 15) is 18.8 Å². The number of fused-ring (bicyclic) bond motifs is 5. The quantitative estimate of drug-likeness (QED) is 0.718. The molecule has 8 atom stereocenters. The highest BCUT2D eigenvalue weighted by Gasteiger charge is 2.63. The van der Waals surface area contributed by atoms with E-state index >= 15 is 0 Å². The minimum Gasteiger partial charge on any atom is -0.481 e. The lowest BCUT2D eigenvalue weighted by Crippen LogP contribution is -2.56. The molecule has 0 amide bonds. The highest BCUT2D eigenvalue weighted by atomic mass is 19.1. The van der Waals surface area contributed by atoms with Crippen LogP contribution in [0.25, 0.3) is 0 Å².